The van der Waals surface area contributed by atoms with E-state index < -0.39 is 0 Å². The van der Waals surface area contributed by atoms with Gasteiger partial charge in [-0.25, -0.2) is 9.97 Å². The number of benzene rings is 1. The van der Waals surface area contributed by atoms with Gasteiger partial charge in [0, 0.05) is 17.1 Å². The van der Waals surface area contributed by atoms with Crippen LogP contribution in [0.15, 0.2) is 46.3 Å². The molecule has 0 spiro atoms. The van der Waals surface area contributed by atoms with Crippen LogP contribution in [0.1, 0.15) is 0 Å². The molecule has 2 aromatic heterocycles. The number of hydrogen-bond acceptors (Lipinski definition) is 4. The summed E-state index contributed by atoms with van der Waals surface area (Å²) in [5.41, 5.74) is 0.946. The Labute approximate surface area is 96.4 Å². The van der Waals surface area contributed by atoms with Crippen LogP contribution in [0.5, 0.6) is 0 Å². The fourth-order valence-corrected chi connectivity index (χ4v) is 1.94. The molecule has 0 fully saturated rings. The van der Waals surface area contributed by atoms with Gasteiger partial charge in [-0.1, -0.05) is 18.2 Å². The highest BCUT2D eigenvalue weighted by Gasteiger charge is 2.10. The molecular formula is C12H7N2OS. The molecule has 0 bridgehead atoms. The van der Waals surface area contributed by atoms with Crippen LogP contribution in [-0.2, 0) is 0 Å². The van der Waals surface area contributed by atoms with Gasteiger partial charge in [-0.15, -0.1) is 11.3 Å². The normalized spacial score (nSPS) is 10.5. The molecule has 0 aliphatic rings. The van der Waals surface area contributed by atoms with E-state index in [4.69, 9.17) is 4.42 Å². The molecule has 1 aromatic carbocycles. The number of oxazole rings is 1. The zero-order chi connectivity index (χ0) is 10.8. The summed E-state index contributed by atoms with van der Waals surface area (Å²) in [6.45, 7) is 0. The average molecular weight is 227 g/mol. The van der Waals surface area contributed by atoms with Gasteiger partial charge in [0.25, 0.3) is 0 Å². The van der Waals surface area contributed by atoms with Crippen molar-refractivity contribution < 1.29 is 4.42 Å². The molecule has 2 heterocycles. The molecule has 77 valence electrons. The Morgan fingerprint density at radius 3 is 2.81 bits per heavy atom. The van der Waals surface area contributed by atoms with Gasteiger partial charge < -0.3 is 4.42 Å². The Hall–Kier alpha value is -1.94. The van der Waals surface area contributed by atoms with E-state index in [-0.39, 0.29) is 0 Å². The first-order chi connectivity index (χ1) is 7.93. The van der Waals surface area contributed by atoms with Crippen molar-refractivity contribution in [3.8, 4) is 22.2 Å². The molecule has 0 atom stereocenters. The van der Waals surface area contributed by atoms with Crippen molar-refractivity contribution in [2.75, 3.05) is 0 Å². The summed E-state index contributed by atoms with van der Waals surface area (Å²) >= 11 is 1.51. The van der Waals surface area contributed by atoms with Gasteiger partial charge in [0.05, 0.1) is 0 Å². The highest BCUT2D eigenvalue weighted by molar-refractivity contribution is 7.13. The predicted octanol–water partition coefficient (Wildman–Crippen LogP) is 3.27. The summed E-state index contributed by atoms with van der Waals surface area (Å²) in [5.74, 6) is 1.17. The van der Waals surface area contributed by atoms with Gasteiger partial charge in [-0.05, 0) is 12.1 Å². The van der Waals surface area contributed by atoms with E-state index in [0.29, 0.717) is 11.7 Å². The molecule has 3 aromatic rings. The van der Waals surface area contributed by atoms with Crippen molar-refractivity contribution in [2.45, 2.75) is 0 Å². The lowest BCUT2D eigenvalue weighted by Crippen LogP contribution is -1.73. The van der Waals surface area contributed by atoms with Gasteiger partial charge in [0.2, 0.25) is 5.89 Å². The lowest BCUT2D eigenvalue weighted by Gasteiger charge is -1.92. The molecule has 1 radical (unpaired) electrons. The molecule has 16 heavy (non-hydrogen) atoms. The number of thiazole rings is 1. The predicted molar refractivity (Wildman–Crippen MR) is 61.9 cm³/mol. The van der Waals surface area contributed by atoms with Crippen molar-refractivity contribution in [2.24, 2.45) is 0 Å². The third-order valence-corrected chi connectivity index (χ3v) is 2.88. The van der Waals surface area contributed by atoms with Crippen LogP contribution >= 0.6 is 11.3 Å². The first kappa shape index (κ1) is 9.30. The molecule has 0 unspecified atom stereocenters. The Morgan fingerprint density at radius 1 is 1.19 bits per heavy atom. The molecule has 0 saturated carbocycles. The van der Waals surface area contributed by atoms with E-state index in [9.17, 15) is 0 Å². The molecular weight excluding hydrogens is 220 g/mol. The third-order valence-electron chi connectivity index (χ3n) is 2.11. The molecule has 3 rings (SSSR count). The summed E-state index contributed by atoms with van der Waals surface area (Å²) < 4.78 is 5.60. The topological polar surface area (TPSA) is 38.9 Å². The van der Waals surface area contributed by atoms with E-state index in [1.807, 2.05) is 35.7 Å². The number of rotatable bonds is 2. The number of aromatic nitrogens is 2. The lowest BCUT2D eigenvalue weighted by atomic mass is 10.2. The van der Waals surface area contributed by atoms with E-state index >= 15 is 0 Å². The zero-order valence-corrected chi connectivity index (χ0v) is 9.07. The maximum absolute atomic E-state index is 5.60. The van der Waals surface area contributed by atoms with E-state index in [2.05, 4.69) is 16.2 Å². The van der Waals surface area contributed by atoms with Crippen LogP contribution in [0.4, 0.5) is 0 Å². The van der Waals surface area contributed by atoms with Crippen LogP contribution in [0, 0.1) is 6.20 Å². The molecule has 0 saturated heterocycles. The van der Waals surface area contributed by atoms with Gasteiger partial charge in [-0.3, -0.25) is 0 Å². The number of hydrogen-bond donors (Lipinski definition) is 0. The Balaban J connectivity index is 2.00. The van der Waals surface area contributed by atoms with Gasteiger partial charge >= 0.3 is 0 Å². The lowest BCUT2D eigenvalue weighted by molar-refractivity contribution is 0.588. The van der Waals surface area contributed by atoms with Crippen LogP contribution in [-0.4, -0.2) is 9.97 Å². The standard InChI is InChI=1S/C12H7N2OS/c1-2-4-9(5-3-1)11-14-8-10(15-11)12-13-6-7-16-12/h1-7H. The second-order valence-electron chi connectivity index (χ2n) is 3.16. The fraction of sp³-hybridized carbons (Fsp3) is 0. The summed E-state index contributed by atoms with van der Waals surface area (Å²) in [5, 5.41) is 2.70. The Morgan fingerprint density at radius 2 is 2.06 bits per heavy atom. The van der Waals surface area contributed by atoms with Crippen LogP contribution in [0.2, 0.25) is 0 Å². The third kappa shape index (κ3) is 1.63. The molecule has 0 amide bonds. The molecule has 3 nitrogen and oxygen atoms in total. The highest BCUT2D eigenvalue weighted by atomic mass is 32.1. The van der Waals surface area contributed by atoms with Crippen LogP contribution < -0.4 is 0 Å². The summed E-state index contributed by atoms with van der Waals surface area (Å²) in [6, 6.07) is 9.75. The molecule has 0 aliphatic carbocycles. The minimum absolute atomic E-state index is 0.575. The maximum Gasteiger partial charge on any atom is 0.227 e. The van der Waals surface area contributed by atoms with Crippen LogP contribution in [0.3, 0.4) is 0 Å². The van der Waals surface area contributed by atoms with E-state index in [1.54, 1.807) is 6.20 Å². The second-order valence-corrected chi connectivity index (χ2v) is 4.06. The van der Waals surface area contributed by atoms with Crippen molar-refractivity contribution in [1.82, 2.24) is 9.97 Å². The van der Waals surface area contributed by atoms with Gasteiger partial charge in [0.1, 0.15) is 6.20 Å². The molecule has 0 N–H and O–H groups in total. The SMILES string of the molecule is [c]1nc(-c2ccccc2)oc1-c1nccs1. The minimum Gasteiger partial charge on any atom is -0.433 e. The monoisotopic (exact) mass is 227 g/mol. The maximum atomic E-state index is 5.60. The van der Waals surface area contributed by atoms with Crippen molar-refractivity contribution in [3.05, 3.63) is 48.1 Å². The Bertz CT molecular complexity index is 572. The van der Waals surface area contributed by atoms with Crippen molar-refractivity contribution >= 4 is 11.3 Å². The summed E-state index contributed by atoms with van der Waals surface area (Å²) in [6.07, 6.45) is 4.57. The smallest absolute Gasteiger partial charge is 0.227 e. The minimum atomic E-state index is 0.575. The summed E-state index contributed by atoms with van der Waals surface area (Å²) in [4.78, 5) is 8.26. The largest absolute Gasteiger partial charge is 0.433 e. The Kier molecular flexibility index (Phi) is 2.27. The fourth-order valence-electron chi connectivity index (χ4n) is 1.38. The number of nitrogens with zero attached hydrogens (tertiary/aromatic N) is 2. The van der Waals surface area contributed by atoms with E-state index in [0.717, 1.165) is 10.6 Å². The van der Waals surface area contributed by atoms with Gasteiger partial charge in [-0.2, -0.15) is 0 Å². The molecule has 0 aliphatic heterocycles. The second kappa shape index (κ2) is 3.90. The van der Waals surface area contributed by atoms with Gasteiger partial charge in [0.15, 0.2) is 10.8 Å². The van der Waals surface area contributed by atoms with Crippen LogP contribution in [0.25, 0.3) is 22.2 Å². The van der Waals surface area contributed by atoms with Crippen molar-refractivity contribution in [3.63, 3.8) is 0 Å². The first-order valence-corrected chi connectivity index (χ1v) is 5.65. The first-order valence-electron chi connectivity index (χ1n) is 4.77. The highest BCUT2D eigenvalue weighted by Crippen LogP contribution is 2.26. The zero-order valence-electron chi connectivity index (χ0n) is 8.25. The average Bonchev–Trinajstić information content (AvgIpc) is 3.01. The molecule has 4 heteroatoms. The van der Waals surface area contributed by atoms with E-state index in [1.165, 1.54) is 11.3 Å². The quantitative estimate of drug-likeness (QED) is 0.674. The summed E-state index contributed by atoms with van der Waals surface area (Å²) in [7, 11) is 0. The van der Waals surface area contributed by atoms with Crippen molar-refractivity contribution in [1.29, 1.82) is 0 Å².